The molecule has 168 valence electrons. The molecule has 31 heavy (non-hydrogen) atoms. The molecule has 0 aromatic heterocycles. The maximum atomic E-state index is 12.0. The second-order valence-corrected chi connectivity index (χ2v) is 14.3. The Hall–Kier alpha value is -1.02. The molecule has 0 bridgehead atoms. The summed E-state index contributed by atoms with van der Waals surface area (Å²) in [7, 11) is 0. The summed E-state index contributed by atoms with van der Waals surface area (Å²) in [6.45, 7) is 6.86. The van der Waals surface area contributed by atoms with Gasteiger partial charge in [-0.2, -0.15) is 0 Å². The Morgan fingerprint density at radius 3 is 2.48 bits per heavy atom. The fraction of sp³-hybridized carbons (Fsp3) is 0.652. The molecule has 0 amide bonds. The van der Waals surface area contributed by atoms with Crippen molar-refractivity contribution in [3.63, 3.8) is 0 Å². The van der Waals surface area contributed by atoms with Crippen LogP contribution in [0.15, 0.2) is 30.3 Å². The summed E-state index contributed by atoms with van der Waals surface area (Å²) in [5, 5.41) is 0. The van der Waals surface area contributed by atoms with Gasteiger partial charge in [-0.05, 0) is 0 Å². The first-order valence-corrected chi connectivity index (χ1v) is 16.6. The normalized spacial score (nSPS) is 30.4. The van der Waals surface area contributed by atoms with Crippen molar-refractivity contribution in [3.05, 3.63) is 35.9 Å². The third kappa shape index (κ3) is 6.73. The van der Waals surface area contributed by atoms with Crippen molar-refractivity contribution in [1.82, 2.24) is 0 Å². The summed E-state index contributed by atoms with van der Waals surface area (Å²) in [6, 6.07) is 9.94. The van der Waals surface area contributed by atoms with Gasteiger partial charge in [-0.25, -0.2) is 0 Å². The summed E-state index contributed by atoms with van der Waals surface area (Å²) in [5.41, 5.74) is 1.08. The zero-order valence-electron chi connectivity index (χ0n) is 18.7. The van der Waals surface area contributed by atoms with Crippen LogP contribution in [0.1, 0.15) is 45.6 Å². The summed E-state index contributed by atoms with van der Waals surface area (Å²) in [5.74, 6) is -1.09. The van der Waals surface area contributed by atoms with Gasteiger partial charge in [0.1, 0.15) is 0 Å². The van der Waals surface area contributed by atoms with E-state index in [4.69, 9.17) is 21.6 Å². The summed E-state index contributed by atoms with van der Waals surface area (Å²) in [6.07, 6.45) is 2.34. The summed E-state index contributed by atoms with van der Waals surface area (Å²) < 4.78 is 29.8. The van der Waals surface area contributed by atoms with Crippen LogP contribution in [0.5, 0.6) is 0 Å². The molecule has 0 N–H and O–H groups in total. The fourth-order valence-electron chi connectivity index (χ4n) is 4.42. The monoisotopic (exact) mass is 622 g/mol. The number of esters is 1. The van der Waals surface area contributed by atoms with Crippen LogP contribution >= 0.6 is 0 Å². The van der Waals surface area contributed by atoms with Crippen molar-refractivity contribution in [2.45, 2.75) is 62.0 Å². The third-order valence-corrected chi connectivity index (χ3v) is 14.1. The van der Waals surface area contributed by atoms with Crippen LogP contribution in [0.25, 0.3) is 0 Å². The van der Waals surface area contributed by atoms with E-state index in [9.17, 15) is 9.59 Å². The van der Waals surface area contributed by atoms with Crippen molar-refractivity contribution < 1.29 is 56.2 Å². The number of carbonyl (C=O) groups is 2. The van der Waals surface area contributed by atoms with Crippen LogP contribution < -0.4 is 0 Å². The Morgan fingerprint density at radius 1 is 1.13 bits per heavy atom. The molecular weight excluding hydrogens is 589 g/mol. The average Bonchev–Trinajstić information content (AvgIpc) is 2.76. The zero-order valence-corrected chi connectivity index (χ0v) is 24.2. The van der Waals surface area contributed by atoms with Crippen molar-refractivity contribution in [1.29, 1.82) is 0 Å². The molecule has 5 atom stereocenters. The van der Waals surface area contributed by atoms with Gasteiger partial charge in [-0.1, -0.05) is 0 Å². The molecule has 2 aliphatic rings. The Kier molecular flexibility index (Phi) is 9.31. The second-order valence-electron chi connectivity index (χ2n) is 8.49. The van der Waals surface area contributed by atoms with Gasteiger partial charge in [0.2, 0.25) is 0 Å². The molecule has 1 spiro atoms. The molecule has 2 heterocycles. The van der Waals surface area contributed by atoms with Gasteiger partial charge < -0.3 is 0 Å². The number of hydrogen-bond donors (Lipinski definition) is 0. The van der Waals surface area contributed by atoms with Crippen LogP contribution in [0, 0.1) is 11.8 Å². The minimum absolute atomic E-state index is 0.133. The van der Waals surface area contributed by atoms with Gasteiger partial charge in [-0.3, -0.25) is 0 Å². The Bertz CT molecular complexity index is 718. The molecule has 0 aliphatic carbocycles. The van der Waals surface area contributed by atoms with Crippen molar-refractivity contribution in [2.75, 3.05) is 19.8 Å². The summed E-state index contributed by atoms with van der Waals surface area (Å²) in [4.78, 5) is 23.6. The van der Waals surface area contributed by atoms with Gasteiger partial charge in [0.15, 0.2) is 0 Å². The number of hydrogen-bond acceptors (Lipinski definition) is 7. The first-order valence-electron chi connectivity index (χ1n) is 11.1. The molecule has 2 saturated heterocycles. The van der Waals surface area contributed by atoms with E-state index in [1.54, 1.807) is 0 Å². The van der Waals surface area contributed by atoms with Crippen LogP contribution in [0.4, 0.5) is 0 Å². The molecule has 0 saturated carbocycles. The maximum absolute atomic E-state index is 12.0. The Morgan fingerprint density at radius 2 is 1.87 bits per heavy atom. The standard InChI is InChI=1S/C21H29O5.C2H4O2.Hg/c1-3-17-9-10-21(24-13-17)11-20(26-16(2)22)19(15-25-21)14-23-12-18-7-5-4-6-8-18;1-2(3)4;/h4-8,11,17,19-20H,3,9-10,12-15H2,1-2H3;1H3,(H,3,4);/q;;+1/p-1/t17-,19+,20+,21-;;/m1../s1. The number of benzene rings is 1. The van der Waals surface area contributed by atoms with Gasteiger partial charge in [0, 0.05) is 0 Å². The van der Waals surface area contributed by atoms with Gasteiger partial charge in [0.25, 0.3) is 0 Å². The van der Waals surface area contributed by atoms with E-state index >= 15 is 0 Å². The third-order valence-electron chi connectivity index (χ3n) is 6.22. The summed E-state index contributed by atoms with van der Waals surface area (Å²) >= 11 is -2.34. The van der Waals surface area contributed by atoms with Gasteiger partial charge in [-0.15, -0.1) is 0 Å². The van der Waals surface area contributed by atoms with Gasteiger partial charge in [0.05, 0.1) is 0 Å². The van der Waals surface area contributed by atoms with Crippen LogP contribution in [0.2, 0.25) is 3.43 Å². The topological polar surface area (TPSA) is 80.3 Å². The molecule has 1 aromatic rings. The molecule has 8 heteroatoms. The molecule has 0 radical (unpaired) electrons. The van der Waals surface area contributed by atoms with E-state index in [1.807, 2.05) is 30.3 Å². The van der Waals surface area contributed by atoms with E-state index in [1.165, 1.54) is 13.8 Å². The zero-order chi connectivity index (χ0) is 22.3. The van der Waals surface area contributed by atoms with Crippen molar-refractivity contribution >= 4 is 11.9 Å². The van der Waals surface area contributed by atoms with Crippen LogP contribution in [-0.4, -0.2) is 43.7 Å². The number of carbonyl (C=O) groups excluding carboxylic acids is 2. The minimum atomic E-state index is -2.34. The molecule has 3 rings (SSSR count). The molecule has 0 unspecified atom stereocenters. The second kappa shape index (κ2) is 11.7. The number of ether oxygens (including phenoxy) is 4. The number of rotatable bonds is 8. The van der Waals surface area contributed by atoms with E-state index < -0.39 is 36.9 Å². The van der Waals surface area contributed by atoms with E-state index in [2.05, 4.69) is 6.92 Å². The van der Waals surface area contributed by atoms with E-state index in [0.717, 1.165) is 24.8 Å². The average molecular weight is 621 g/mol. The SMILES string of the molecule is CC[C@@H]1CC[C@@]2(OC1)OC[C@H](COCc1ccccc1)[C@@H](OC(C)=O)[C@@H]2[Hg][O]C(C)=O. The first-order chi connectivity index (χ1) is 14.9. The molecule has 1 aromatic carbocycles. The Labute approximate surface area is 197 Å². The first kappa shape index (κ1) is 24.6. The van der Waals surface area contributed by atoms with E-state index in [0.29, 0.717) is 32.3 Å². The fourth-order valence-corrected chi connectivity index (χ4v) is 11.3. The van der Waals surface area contributed by atoms with Crippen LogP contribution in [-0.2, 0) is 62.8 Å². The van der Waals surface area contributed by atoms with Gasteiger partial charge >= 0.3 is 198 Å². The van der Waals surface area contributed by atoms with Crippen LogP contribution in [0.3, 0.4) is 0 Å². The molecule has 2 fully saturated rings. The van der Waals surface area contributed by atoms with Crippen molar-refractivity contribution in [3.8, 4) is 0 Å². The quantitative estimate of drug-likeness (QED) is 0.324. The Balaban J connectivity index is 1.74. The van der Waals surface area contributed by atoms with Crippen molar-refractivity contribution in [2.24, 2.45) is 11.8 Å². The molecule has 7 nitrogen and oxygen atoms in total. The molecular formula is C23H32HgO7. The molecule has 2 aliphatic heterocycles. The predicted octanol–water partition coefficient (Wildman–Crippen LogP) is 3.66. The predicted molar refractivity (Wildman–Crippen MR) is 108 cm³/mol. The van der Waals surface area contributed by atoms with E-state index in [-0.39, 0.29) is 21.3 Å².